The van der Waals surface area contributed by atoms with E-state index in [1.165, 1.54) is 31.4 Å². The summed E-state index contributed by atoms with van der Waals surface area (Å²) in [6.45, 7) is 0.353. The van der Waals surface area contributed by atoms with Crippen LogP contribution in [-0.2, 0) is 0 Å². The van der Waals surface area contributed by atoms with Crippen molar-refractivity contribution in [2.45, 2.75) is 31.7 Å². The molecule has 1 fully saturated rings. The number of hydrogen-bond donors (Lipinski definition) is 0. The number of hydrogen-bond acceptors (Lipinski definition) is 3. The van der Waals surface area contributed by atoms with Gasteiger partial charge in [-0.1, -0.05) is 12.8 Å². The van der Waals surface area contributed by atoms with Gasteiger partial charge in [0.05, 0.1) is 0 Å². The molecule has 1 aliphatic heterocycles. The lowest BCUT2D eigenvalue weighted by Gasteiger charge is -2.26. The molecule has 3 rings (SSSR count). The van der Waals surface area contributed by atoms with Crippen LogP contribution >= 0.6 is 0 Å². The molecule has 2 aliphatic rings. The molecule has 0 atom stereocenters. The van der Waals surface area contributed by atoms with Gasteiger partial charge in [-0.15, -0.1) is 0 Å². The summed E-state index contributed by atoms with van der Waals surface area (Å²) < 4.78 is 10.7. The number of benzene rings is 1. The summed E-state index contributed by atoms with van der Waals surface area (Å²) >= 11 is 0. The summed E-state index contributed by atoms with van der Waals surface area (Å²) in [4.78, 5) is 2.37. The lowest BCUT2D eigenvalue weighted by molar-refractivity contribution is 0.174. The second kappa shape index (κ2) is 3.89. The fourth-order valence-corrected chi connectivity index (χ4v) is 2.61. The molecule has 0 saturated heterocycles. The zero-order valence-corrected chi connectivity index (χ0v) is 9.61. The Balaban J connectivity index is 1.83. The highest BCUT2D eigenvalue weighted by atomic mass is 16.7. The first kappa shape index (κ1) is 9.82. The maximum absolute atomic E-state index is 5.40. The summed E-state index contributed by atoms with van der Waals surface area (Å²) in [6.07, 6.45) is 5.34. The van der Waals surface area contributed by atoms with Crippen LogP contribution in [0.5, 0.6) is 11.5 Å². The number of fused-ring (bicyclic) bond motifs is 1. The van der Waals surface area contributed by atoms with Gasteiger partial charge in [-0.3, -0.25) is 0 Å². The minimum absolute atomic E-state index is 0.353. The topological polar surface area (TPSA) is 21.7 Å². The van der Waals surface area contributed by atoms with Crippen LogP contribution in [-0.4, -0.2) is 19.9 Å². The number of rotatable bonds is 2. The average Bonchev–Trinajstić information content (AvgIpc) is 2.98. The molecule has 0 N–H and O–H groups in total. The van der Waals surface area contributed by atoms with Crippen molar-refractivity contribution in [1.29, 1.82) is 0 Å². The van der Waals surface area contributed by atoms with E-state index in [4.69, 9.17) is 9.47 Å². The SMILES string of the molecule is CN(c1ccc2c(c1)OCO2)C1CCCC1. The molecule has 0 amide bonds. The van der Waals surface area contributed by atoms with Crippen molar-refractivity contribution in [3.8, 4) is 11.5 Å². The van der Waals surface area contributed by atoms with Crippen LogP contribution in [0.1, 0.15) is 25.7 Å². The summed E-state index contributed by atoms with van der Waals surface area (Å²) in [5.41, 5.74) is 1.23. The average molecular weight is 219 g/mol. The van der Waals surface area contributed by atoms with Crippen LogP contribution in [0.4, 0.5) is 5.69 Å². The normalized spacial score (nSPS) is 19.1. The van der Waals surface area contributed by atoms with E-state index >= 15 is 0 Å². The van der Waals surface area contributed by atoms with Crippen molar-refractivity contribution >= 4 is 5.69 Å². The molecule has 0 aromatic heterocycles. The smallest absolute Gasteiger partial charge is 0.231 e. The van der Waals surface area contributed by atoms with Gasteiger partial charge in [-0.05, 0) is 25.0 Å². The number of nitrogens with zero attached hydrogens (tertiary/aromatic N) is 1. The zero-order chi connectivity index (χ0) is 11.0. The highest BCUT2D eigenvalue weighted by Gasteiger charge is 2.21. The van der Waals surface area contributed by atoms with Crippen LogP contribution in [0, 0.1) is 0 Å². The first-order chi connectivity index (χ1) is 7.84. The molecule has 3 nitrogen and oxygen atoms in total. The van der Waals surface area contributed by atoms with E-state index < -0.39 is 0 Å². The first-order valence-corrected chi connectivity index (χ1v) is 5.97. The highest BCUT2D eigenvalue weighted by molar-refractivity contribution is 5.57. The number of ether oxygens (including phenoxy) is 2. The van der Waals surface area contributed by atoms with Crippen molar-refractivity contribution in [2.24, 2.45) is 0 Å². The maximum atomic E-state index is 5.40. The van der Waals surface area contributed by atoms with E-state index in [0.29, 0.717) is 12.8 Å². The molecule has 86 valence electrons. The third kappa shape index (κ3) is 1.60. The summed E-state index contributed by atoms with van der Waals surface area (Å²) in [7, 11) is 2.17. The summed E-state index contributed by atoms with van der Waals surface area (Å²) in [5.74, 6) is 1.74. The van der Waals surface area contributed by atoms with Gasteiger partial charge in [0.25, 0.3) is 0 Å². The van der Waals surface area contributed by atoms with Crippen LogP contribution in [0.2, 0.25) is 0 Å². The molecule has 1 aromatic rings. The zero-order valence-electron chi connectivity index (χ0n) is 9.61. The van der Waals surface area contributed by atoms with E-state index in [1.54, 1.807) is 0 Å². The molecule has 1 saturated carbocycles. The molecular weight excluding hydrogens is 202 g/mol. The summed E-state index contributed by atoms with van der Waals surface area (Å²) in [6, 6.07) is 6.90. The largest absolute Gasteiger partial charge is 0.454 e. The monoisotopic (exact) mass is 219 g/mol. The standard InChI is InChI=1S/C13H17NO2/c1-14(10-4-2-3-5-10)11-6-7-12-13(8-11)16-9-15-12/h6-8,10H,2-5,9H2,1H3. The Morgan fingerprint density at radius 3 is 2.69 bits per heavy atom. The maximum Gasteiger partial charge on any atom is 0.231 e. The molecule has 0 radical (unpaired) electrons. The lowest BCUT2D eigenvalue weighted by atomic mass is 10.2. The van der Waals surface area contributed by atoms with Crippen LogP contribution in [0.15, 0.2) is 18.2 Å². The van der Waals surface area contributed by atoms with Crippen LogP contribution in [0.25, 0.3) is 0 Å². The van der Waals surface area contributed by atoms with Gasteiger partial charge >= 0.3 is 0 Å². The molecular formula is C13H17NO2. The lowest BCUT2D eigenvalue weighted by Crippen LogP contribution is -2.28. The van der Waals surface area contributed by atoms with E-state index in [9.17, 15) is 0 Å². The fourth-order valence-electron chi connectivity index (χ4n) is 2.61. The van der Waals surface area contributed by atoms with Gasteiger partial charge in [-0.2, -0.15) is 0 Å². The van der Waals surface area contributed by atoms with Crippen molar-refractivity contribution < 1.29 is 9.47 Å². The molecule has 0 spiro atoms. The first-order valence-electron chi connectivity index (χ1n) is 5.97. The van der Waals surface area contributed by atoms with Gasteiger partial charge in [0.15, 0.2) is 11.5 Å². The summed E-state index contributed by atoms with van der Waals surface area (Å²) in [5, 5.41) is 0. The molecule has 1 heterocycles. The fraction of sp³-hybridized carbons (Fsp3) is 0.538. The van der Waals surface area contributed by atoms with Crippen molar-refractivity contribution in [3.63, 3.8) is 0 Å². The van der Waals surface area contributed by atoms with Crippen molar-refractivity contribution in [3.05, 3.63) is 18.2 Å². The van der Waals surface area contributed by atoms with Crippen LogP contribution < -0.4 is 14.4 Å². The molecule has 16 heavy (non-hydrogen) atoms. The van der Waals surface area contributed by atoms with E-state index in [0.717, 1.165) is 11.5 Å². The van der Waals surface area contributed by atoms with Gasteiger partial charge in [0, 0.05) is 24.8 Å². The van der Waals surface area contributed by atoms with Gasteiger partial charge < -0.3 is 14.4 Å². The quantitative estimate of drug-likeness (QED) is 0.763. The molecule has 1 aliphatic carbocycles. The van der Waals surface area contributed by atoms with E-state index in [1.807, 2.05) is 6.07 Å². The molecule has 1 aromatic carbocycles. The predicted molar refractivity (Wildman–Crippen MR) is 63.2 cm³/mol. The van der Waals surface area contributed by atoms with Crippen LogP contribution in [0.3, 0.4) is 0 Å². The van der Waals surface area contributed by atoms with Crippen molar-refractivity contribution in [2.75, 3.05) is 18.7 Å². The minimum atomic E-state index is 0.353. The Morgan fingerprint density at radius 2 is 1.88 bits per heavy atom. The highest BCUT2D eigenvalue weighted by Crippen LogP contribution is 2.36. The van der Waals surface area contributed by atoms with E-state index in [2.05, 4.69) is 24.1 Å². The van der Waals surface area contributed by atoms with E-state index in [-0.39, 0.29) is 0 Å². The third-order valence-corrected chi connectivity index (χ3v) is 3.64. The van der Waals surface area contributed by atoms with Crippen molar-refractivity contribution in [1.82, 2.24) is 0 Å². The molecule has 3 heteroatoms. The van der Waals surface area contributed by atoms with Gasteiger partial charge in [0.1, 0.15) is 0 Å². The second-order valence-corrected chi connectivity index (χ2v) is 4.59. The molecule has 0 bridgehead atoms. The minimum Gasteiger partial charge on any atom is -0.454 e. The number of anilines is 1. The van der Waals surface area contributed by atoms with Gasteiger partial charge in [-0.25, -0.2) is 0 Å². The van der Waals surface area contributed by atoms with Gasteiger partial charge in [0.2, 0.25) is 6.79 Å². The third-order valence-electron chi connectivity index (χ3n) is 3.64. The Hall–Kier alpha value is -1.38. The Morgan fingerprint density at radius 1 is 1.12 bits per heavy atom. The Kier molecular flexibility index (Phi) is 2.39. The Labute approximate surface area is 96.0 Å². The Bertz CT molecular complexity index is 386. The molecule has 0 unspecified atom stereocenters. The predicted octanol–water partition coefficient (Wildman–Crippen LogP) is 2.79. The second-order valence-electron chi connectivity index (χ2n) is 4.59.